The Hall–Kier alpha value is -0.820. The van der Waals surface area contributed by atoms with Gasteiger partial charge in [-0.25, -0.2) is 0 Å². The van der Waals surface area contributed by atoms with E-state index in [2.05, 4.69) is 29.6 Å². The van der Waals surface area contributed by atoms with Crippen molar-refractivity contribution in [2.24, 2.45) is 23.7 Å². The minimum atomic E-state index is 0.890. The first kappa shape index (κ1) is 12.9. The highest BCUT2D eigenvalue weighted by atomic mass is 14.8. The molecule has 0 spiro atoms. The molecule has 4 fully saturated rings. The van der Waals surface area contributed by atoms with Gasteiger partial charge in [-0.3, -0.25) is 0 Å². The highest BCUT2D eigenvalue weighted by Crippen LogP contribution is 2.59. The van der Waals surface area contributed by atoms with Gasteiger partial charge in [0.2, 0.25) is 0 Å². The topological polar surface area (TPSA) is 12.0 Å². The average Bonchev–Trinajstić information content (AvgIpc) is 2.45. The van der Waals surface area contributed by atoms with Crippen molar-refractivity contribution in [1.82, 2.24) is 5.32 Å². The molecule has 4 aliphatic carbocycles. The first-order valence-corrected chi connectivity index (χ1v) is 8.57. The normalized spacial score (nSPS) is 38.4. The lowest BCUT2D eigenvalue weighted by molar-refractivity contribution is -0.00278. The fraction of sp³-hybridized carbons (Fsp3) is 0.684. The molecule has 1 heteroatoms. The minimum Gasteiger partial charge on any atom is -0.319 e. The van der Waals surface area contributed by atoms with Crippen LogP contribution in [0.2, 0.25) is 0 Å². The molecule has 4 aliphatic rings. The van der Waals surface area contributed by atoms with Crippen LogP contribution < -0.4 is 5.32 Å². The summed E-state index contributed by atoms with van der Waals surface area (Å²) in [4.78, 5) is 0. The third-order valence-corrected chi connectivity index (χ3v) is 6.26. The number of hydrogen-bond acceptors (Lipinski definition) is 1. The van der Waals surface area contributed by atoms with Gasteiger partial charge in [0, 0.05) is 0 Å². The molecule has 0 amide bonds. The minimum absolute atomic E-state index is 0.890. The summed E-state index contributed by atoms with van der Waals surface area (Å²) >= 11 is 0. The van der Waals surface area contributed by atoms with Gasteiger partial charge >= 0.3 is 0 Å². The quantitative estimate of drug-likeness (QED) is 0.871. The Labute approximate surface area is 123 Å². The van der Waals surface area contributed by atoms with E-state index in [0.29, 0.717) is 0 Å². The SMILES string of the molecule is CNCCc1ccc(C2C3CC4CC(C3)CC2C4)cc1. The third kappa shape index (κ3) is 2.20. The molecule has 0 aliphatic heterocycles. The Morgan fingerprint density at radius 3 is 2.05 bits per heavy atom. The largest absolute Gasteiger partial charge is 0.319 e. The zero-order valence-corrected chi connectivity index (χ0v) is 12.6. The molecule has 0 aromatic heterocycles. The van der Waals surface area contributed by atoms with E-state index in [0.717, 1.165) is 42.6 Å². The van der Waals surface area contributed by atoms with E-state index in [1.165, 1.54) is 31.2 Å². The summed E-state index contributed by atoms with van der Waals surface area (Å²) in [6.07, 6.45) is 8.82. The summed E-state index contributed by atoms with van der Waals surface area (Å²) < 4.78 is 0. The smallest absolute Gasteiger partial charge is 0.00114 e. The zero-order chi connectivity index (χ0) is 13.5. The van der Waals surface area contributed by atoms with Crippen molar-refractivity contribution in [2.75, 3.05) is 13.6 Å². The number of hydrogen-bond donors (Lipinski definition) is 1. The molecule has 108 valence electrons. The first-order valence-electron chi connectivity index (χ1n) is 8.57. The lowest BCUT2D eigenvalue weighted by Gasteiger charge is -2.54. The third-order valence-electron chi connectivity index (χ3n) is 6.26. The van der Waals surface area contributed by atoms with Gasteiger partial charge in [-0.05, 0) is 92.8 Å². The molecular weight excluding hydrogens is 242 g/mol. The number of rotatable bonds is 4. The molecule has 0 radical (unpaired) electrons. The second-order valence-electron chi connectivity index (χ2n) is 7.55. The summed E-state index contributed by atoms with van der Waals surface area (Å²) in [5.74, 6) is 5.08. The number of likely N-dealkylation sites (N-methyl/N-ethyl adjacent to an activating group) is 1. The highest BCUT2D eigenvalue weighted by molar-refractivity contribution is 5.28. The Morgan fingerprint density at radius 1 is 0.900 bits per heavy atom. The second kappa shape index (κ2) is 5.18. The predicted molar refractivity (Wildman–Crippen MR) is 83.9 cm³/mol. The van der Waals surface area contributed by atoms with E-state index in [1.807, 2.05) is 7.05 Å². The summed E-state index contributed by atoms with van der Waals surface area (Å²) in [6, 6.07) is 9.63. The van der Waals surface area contributed by atoms with E-state index in [1.54, 1.807) is 12.0 Å². The van der Waals surface area contributed by atoms with E-state index in [4.69, 9.17) is 0 Å². The average molecular weight is 269 g/mol. The van der Waals surface area contributed by atoms with Gasteiger partial charge < -0.3 is 5.32 Å². The van der Waals surface area contributed by atoms with Crippen LogP contribution in [-0.2, 0) is 6.42 Å². The van der Waals surface area contributed by atoms with E-state index in [-0.39, 0.29) is 0 Å². The van der Waals surface area contributed by atoms with Gasteiger partial charge in [0.05, 0.1) is 0 Å². The molecule has 20 heavy (non-hydrogen) atoms. The van der Waals surface area contributed by atoms with E-state index in [9.17, 15) is 0 Å². The second-order valence-corrected chi connectivity index (χ2v) is 7.55. The van der Waals surface area contributed by atoms with E-state index < -0.39 is 0 Å². The highest BCUT2D eigenvalue weighted by Gasteiger charge is 2.48. The van der Waals surface area contributed by atoms with Gasteiger partial charge in [-0.15, -0.1) is 0 Å². The molecule has 4 bridgehead atoms. The number of nitrogens with one attached hydrogen (secondary N) is 1. The summed E-state index contributed by atoms with van der Waals surface area (Å²) in [5.41, 5.74) is 3.12. The Morgan fingerprint density at radius 2 is 1.50 bits per heavy atom. The molecule has 5 rings (SSSR count). The fourth-order valence-electron chi connectivity index (χ4n) is 5.65. The van der Waals surface area contributed by atoms with Crippen LogP contribution in [0.25, 0.3) is 0 Å². The van der Waals surface area contributed by atoms with Crippen LogP contribution in [0, 0.1) is 23.7 Å². The lowest BCUT2D eigenvalue weighted by atomic mass is 9.51. The van der Waals surface area contributed by atoms with Crippen LogP contribution in [0.15, 0.2) is 24.3 Å². The van der Waals surface area contributed by atoms with Gasteiger partial charge in [0.15, 0.2) is 0 Å². The van der Waals surface area contributed by atoms with Crippen LogP contribution in [0.1, 0.15) is 49.1 Å². The fourth-order valence-corrected chi connectivity index (χ4v) is 5.65. The van der Waals surface area contributed by atoms with Crippen molar-refractivity contribution >= 4 is 0 Å². The van der Waals surface area contributed by atoms with Crippen LogP contribution >= 0.6 is 0 Å². The van der Waals surface area contributed by atoms with Gasteiger partial charge in [0.25, 0.3) is 0 Å². The molecule has 4 saturated carbocycles. The monoisotopic (exact) mass is 269 g/mol. The summed E-state index contributed by atoms with van der Waals surface area (Å²) in [7, 11) is 2.03. The first-order chi connectivity index (χ1) is 9.83. The lowest BCUT2D eigenvalue weighted by Crippen LogP contribution is -2.43. The van der Waals surface area contributed by atoms with Crippen LogP contribution in [-0.4, -0.2) is 13.6 Å². The van der Waals surface area contributed by atoms with Crippen LogP contribution in [0.5, 0.6) is 0 Å². The van der Waals surface area contributed by atoms with Crippen molar-refractivity contribution in [3.05, 3.63) is 35.4 Å². The van der Waals surface area contributed by atoms with Crippen molar-refractivity contribution in [3.8, 4) is 0 Å². The summed E-state index contributed by atoms with van der Waals surface area (Å²) in [6.45, 7) is 1.08. The molecule has 1 aromatic carbocycles. The van der Waals surface area contributed by atoms with Gasteiger partial charge in [0.1, 0.15) is 0 Å². The van der Waals surface area contributed by atoms with Crippen molar-refractivity contribution in [2.45, 2.75) is 44.4 Å². The maximum atomic E-state index is 3.24. The standard InChI is InChI=1S/C19H27N/c1-20-7-6-13-2-4-16(5-3-13)19-17-9-14-8-15(11-17)12-18(19)10-14/h2-5,14-15,17-20H,6-12H2,1H3. The predicted octanol–water partition coefficient (Wildman–Crippen LogP) is 3.99. The maximum Gasteiger partial charge on any atom is -0.00114 e. The van der Waals surface area contributed by atoms with Crippen molar-refractivity contribution in [3.63, 3.8) is 0 Å². The van der Waals surface area contributed by atoms with Crippen molar-refractivity contribution in [1.29, 1.82) is 0 Å². The molecule has 0 atom stereocenters. The summed E-state index contributed by atoms with van der Waals surface area (Å²) in [5, 5.41) is 3.24. The maximum absolute atomic E-state index is 3.24. The van der Waals surface area contributed by atoms with Gasteiger partial charge in [-0.1, -0.05) is 24.3 Å². The number of benzene rings is 1. The molecule has 0 unspecified atom stereocenters. The van der Waals surface area contributed by atoms with Crippen LogP contribution in [0.3, 0.4) is 0 Å². The Bertz CT molecular complexity index is 433. The van der Waals surface area contributed by atoms with E-state index >= 15 is 0 Å². The molecule has 0 heterocycles. The molecule has 0 saturated heterocycles. The molecular formula is C19H27N. The Balaban J connectivity index is 1.52. The zero-order valence-electron chi connectivity index (χ0n) is 12.6. The van der Waals surface area contributed by atoms with Crippen molar-refractivity contribution < 1.29 is 0 Å². The molecule has 1 nitrogen and oxygen atoms in total. The van der Waals surface area contributed by atoms with Gasteiger partial charge in [-0.2, -0.15) is 0 Å². The molecule has 1 N–H and O–H groups in total. The molecule has 1 aromatic rings. The Kier molecular flexibility index (Phi) is 3.34. The van der Waals surface area contributed by atoms with Crippen LogP contribution in [0.4, 0.5) is 0 Å².